The molecule has 0 atom stereocenters. The Hall–Kier alpha value is -1.18. The van der Waals surface area contributed by atoms with Crippen LogP contribution in [0.15, 0.2) is 29.4 Å². The highest BCUT2D eigenvalue weighted by atomic mass is 32.2. The van der Waals surface area contributed by atoms with Crippen molar-refractivity contribution in [1.82, 2.24) is 14.9 Å². The summed E-state index contributed by atoms with van der Waals surface area (Å²) < 4.78 is 25.2. The van der Waals surface area contributed by atoms with Crippen LogP contribution in [-0.2, 0) is 10.0 Å². The second-order valence-electron chi connectivity index (χ2n) is 2.48. The Balaban J connectivity index is 2.56. The van der Waals surface area contributed by atoms with Gasteiger partial charge in [0.15, 0.2) is 5.03 Å². The standard InChI is InChI=1S/C7H12N4O2S/c8-4-1-2-5-10-14(12,13)7-3-6-9-11-7/h1-3,6,10H,4-5,8H2,(H,9,11)/b2-1+. The number of hydrogen-bond donors (Lipinski definition) is 3. The quantitative estimate of drug-likeness (QED) is 0.561. The molecule has 4 N–H and O–H groups in total. The van der Waals surface area contributed by atoms with Gasteiger partial charge in [-0.25, -0.2) is 13.1 Å². The van der Waals surface area contributed by atoms with E-state index in [0.717, 1.165) is 0 Å². The first-order chi connectivity index (χ1) is 6.67. The normalized spacial score (nSPS) is 12.4. The Labute approximate surface area is 82.2 Å². The number of hydrogen-bond acceptors (Lipinski definition) is 4. The SMILES string of the molecule is NC/C=C/CNS(=O)(=O)c1ccn[nH]1. The number of aromatic amines is 1. The van der Waals surface area contributed by atoms with Crippen LogP contribution in [0.1, 0.15) is 0 Å². The molecule has 0 saturated heterocycles. The minimum atomic E-state index is -3.46. The van der Waals surface area contributed by atoms with E-state index in [0.29, 0.717) is 6.54 Å². The van der Waals surface area contributed by atoms with Crippen molar-refractivity contribution in [3.63, 3.8) is 0 Å². The molecule has 0 spiro atoms. The fourth-order valence-corrected chi connectivity index (χ4v) is 1.69. The second kappa shape index (κ2) is 4.89. The Morgan fingerprint density at radius 3 is 2.93 bits per heavy atom. The van der Waals surface area contributed by atoms with E-state index in [2.05, 4.69) is 14.9 Å². The first-order valence-electron chi connectivity index (χ1n) is 4.01. The fraction of sp³-hybridized carbons (Fsp3) is 0.286. The summed E-state index contributed by atoms with van der Waals surface area (Å²) in [6.07, 6.45) is 4.70. The van der Waals surface area contributed by atoms with Crippen LogP contribution in [0.3, 0.4) is 0 Å². The third kappa shape index (κ3) is 2.95. The summed E-state index contributed by atoms with van der Waals surface area (Å²) in [6.45, 7) is 0.615. The Kier molecular flexibility index (Phi) is 3.81. The molecule has 0 aliphatic heterocycles. The number of aromatic nitrogens is 2. The van der Waals surface area contributed by atoms with Gasteiger partial charge in [-0.15, -0.1) is 0 Å². The number of sulfonamides is 1. The van der Waals surface area contributed by atoms with E-state index < -0.39 is 10.0 Å². The van der Waals surface area contributed by atoms with Crippen LogP contribution in [0.25, 0.3) is 0 Å². The summed E-state index contributed by atoms with van der Waals surface area (Å²) in [7, 11) is -3.46. The van der Waals surface area contributed by atoms with Crippen LogP contribution in [0.2, 0.25) is 0 Å². The first-order valence-corrected chi connectivity index (χ1v) is 5.49. The molecule has 0 aliphatic carbocycles. The van der Waals surface area contributed by atoms with Gasteiger partial charge >= 0.3 is 0 Å². The van der Waals surface area contributed by atoms with Crippen molar-refractivity contribution in [3.05, 3.63) is 24.4 Å². The Bertz CT molecular complexity index is 382. The highest BCUT2D eigenvalue weighted by Gasteiger charge is 2.12. The van der Waals surface area contributed by atoms with Crippen LogP contribution in [-0.4, -0.2) is 31.7 Å². The van der Waals surface area contributed by atoms with Gasteiger partial charge in [0, 0.05) is 13.1 Å². The van der Waals surface area contributed by atoms with Crippen molar-refractivity contribution in [2.75, 3.05) is 13.1 Å². The summed E-state index contributed by atoms with van der Waals surface area (Å²) in [5, 5.41) is 5.97. The lowest BCUT2D eigenvalue weighted by atomic mass is 10.5. The zero-order chi connectivity index (χ0) is 10.4. The van der Waals surface area contributed by atoms with Crippen LogP contribution in [0.5, 0.6) is 0 Å². The highest BCUT2D eigenvalue weighted by molar-refractivity contribution is 7.89. The lowest BCUT2D eigenvalue weighted by Crippen LogP contribution is -2.24. The second-order valence-corrected chi connectivity index (χ2v) is 4.22. The molecule has 1 aromatic rings. The fourth-order valence-electron chi connectivity index (χ4n) is 0.808. The number of nitrogens with zero attached hydrogens (tertiary/aromatic N) is 1. The Morgan fingerprint density at radius 1 is 1.57 bits per heavy atom. The summed E-state index contributed by atoms with van der Waals surface area (Å²) >= 11 is 0. The molecule has 0 saturated carbocycles. The van der Waals surface area contributed by atoms with E-state index in [-0.39, 0.29) is 11.6 Å². The smallest absolute Gasteiger partial charge is 0.257 e. The largest absolute Gasteiger partial charge is 0.327 e. The maximum absolute atomic E-state index is 11.4. The van der Waals surface area contributed by atoms with Gasteiger partial charge < -0.3 is 5.73 Å². The molecular formula is C7H12N4O2S. The monoisotopic (exact) mass is 216 g/mol. The lowest BCUT2D eigenvalue weighted by molar-refractivity contribution is 0.581. The van der Waals surface area contributed by atoms with Gasteiger partial charge in [0.05, 0.1) is 6.20 Å². The van der Waals surface area contributed by atoms with E-state index in [1.54, 1.807) is 12.2 Å². The van der Waals surface area contributed by atoms with Crippen LogP contribution >= 0.6 is 0 Å². The molecule has 0 amide bonds. The highest BCUT2D eigenvalue weighted by Crippen LogP contribution is 2.00. The van der Waals surface area contributed by atoms with Crippen molar-refractivity contribution in [1.29, 1.82) is 0 Å². The van der Waals surface area contributed by atoms with Gasteiger partial charge in [-0.3, -0.25) is 5.10 Å². The maximum atomic E-state index is 11.4. The maximum Gasteiger partial charge on any atom is 0.257 e. The molecule has 1 aromatic heterocycles. The molecule has 14 heavy (non-hydrogen) atoms. The van der Waals surface area contributed by atoms with Crippen LogP contribution in [0.4, 0.5) is 0 Å². The molecule has 0 fully saturated rings. The molecule has 6 nitrogen and oxygen atoms in total. The van der Waals surface area contributed by atoms with Gasteiger partial charge in [0.25, 0.3) is 10.0 Å². The average molecular weight is 216 g/mol. The van der Waals surface area contributed by atoms with Gasteiger partial charge in [-0.2, -0.15) is 5.10 Å². The van der Waals surface area contributed by atoms with Gasteiger partial charge in [0.2, 0.25) is 0 Å². The van der Waals surface area contributed by atoms with E-state index in [1.807, 2.05) is 0 Å². The van der Waals surface area contributed by atoms with E-state index >= 15 is 0 Å². The molecule has 1 rings (SSSR count). The molecule has 0 radical (unpaired) electrons. The average Bonchev–Trinajstić information content (AvgIpc) is 2.65. The molecular weight excluding hydrogens is 204 g/mol. The molecule has 0 unspecified atom stereocenters. The predicted octanol–water partition coefficient (Wildman–Crippen LogP) is -0.797. The summed E-state index contributed by atoms with van der Waals surface area (Å²) in [5.41, 5.74) is 5.19. The summed E-state index contributed by atoms with van der Waals surface area (Å²) in [4.78, 5) is 0. The number of rotatable bonds is 5. The van der Waals surface area contributed by atoms with Gasteiger partial charge in [-0.05, 0) is 6.07 Å². The summed E-state index contributed by atoms with van der Waals surface area (Å²) in [5.74, 6) is 0. The van der Waals surface area contributed by atoms with Crippen LogP contribution < -0.4 is 10.5 Å². The lowest BCUT2D eigenvalue weighted by Gasteiger charge is -2.00. The van der Waals surface area contributed by atoms with Crippen molar-refractivity contribution < 1.29 is 8.42 Å². The molecule has 1 heterocycles. The molecule has 7 heteroatoms. The third-order valence-electron chi connectivity index (χ3n) is 1.46. The van der Waals surface area contributed by atoms with Gasteiger partial charge in [0.1, 0.15) is 0 Å². The molecule has 0 bridgehead atoms. The zero-order valence-corrected chi connectivity index (χ0v) is 8.29. The Morgan fingerprint density at radius 2 is 2.36 bits per heavy atom. The molecule has 78 valence electrons. The van der Waals surface area contributed by atoms with Crippen molar-refractivity contribution in [2.24, 2.45) is 5.73 Å². The third-order valence-corrected chi connectivity index (χ3v) is 2.81. The van der Waals surface area contributed by atoms with Crippen molar-refractivity contribution >= 4 is 10.0 Å². The van der Waals surface area contributed by atoms with E-state index in [4.69, 9.17) is 5.73 Å². The minimum absolute atomic E-state index is 0.0543. The number of H-pyrrole nitrogens is 1. The molecule has 0 aliphatic rings. The van der Waals surface area contributed by atoms with E-state index in [1.165, 1.54) is 12.3 Å². The summed E-state index contributed by atoms with van der Waals surface area (Å²) in [6, 6.07) is 1.38. The predicted molar refractivity (Wildman–Crippen MR) is 52.0 cm³/mol. The van der Waals surface area contributed by atoms with Crippen LogP contribution in [0, 0.1) is 0 Å². The molecule has 0 aromatic carbocycles. The first kappa shape index (κ1) is 10.9. The van der Waals surface area contributed by atoms with Crippen molar-refractivity contribution in [2.45, 2.75) is 5.03 Å². The topological polar surface area (TPSA) is 101 Å². The zero-order valence-electron chi connectivity index (χ0n) is 7.47. The number of nitrogens with two attached hydrogens (primary N) is 1. The number of nitrogens with one attached hydrogen (secondary N) is 2. The minimum Gasteiger partial charge on any atom is -0.327 e. The van der Waals surface area contributed by atoms with Crippen molar-refractivity contribution in [3.8, 4) is 0 Å². The van der Waals surface area contributed by atoms with E-state index in [9.17, 15) is 8.42 Å². The van der Waals surface area contributed by atoms with Gasteiger partial charge in [-0.1, -0.05) is 12.2 Å².